The van der Waals surface area contributed by atoms with Crippen LogP contribution in [0.3, 0.4) is 0 Å². The molecule has 0 aliphatic rings. The van der Waals surface area contributed by atoms with Crippen LogP contribution in [0.1, 0.15) is 34.5 Å². The molecule has 0 aromatic heterocycles. The Balaban J connectivity index is 2.10. The minimum Gasteiger partial charge on any atom is -0.489 e. The largest absolute Gasteiger partial charge is 0.489 e. The standard InChI is InChI=1S/C22H23ClN2O4/c1-14-3-9-20(10-4-14)29-13-18(11-19(23)12-24)21(26)25-15(2)16-5-7-17(8-6-16)22(27)28/h3-12,15H,13,24H2,1-2H3,(H,25,26)(H,27,28)/b18-11+,19-12+. The maximum Gasteiger partial charge on any atom is 0.335 e. The number of benzene rings is 2. The van der Waals surface area contributed by atoms with Crippen molar-refractivity contribution in [3.8, 4) is 5.75 Å². The topological polar surface area (TPSA) is 102 Å². The van der Waals surface area contributed by atoms with Crippen molar-refractivity contribution in [3.05, 3.63) is 88.1 Å². The van der Waals surface area contributed by atoms with Gasteiger partial charge >= 0.3 is 5.97 Å². The zero-order valence-electron chi connectivity index (χ0n) is 16.2. The molecule has 0 bridgehead atoms. The lowest BCUT2D eigenvalue weighted by atomic mass is 10.1. The molecule has 2 rings (SSSR count). The molecule has 0 radical (unpaired) electrons. The number of aromatic carboxylic acids is 1. The van der Waals surface area contributed by atoms with Crippen LogP contribution in [0, 0.1) is 6.92 Å². The highest BCUT2D eigenvalue weighted by Gasteiger charge is 2.16. The van der Waals surface area contributed by atoms with Crippen molar-refractivity contribution in [1.82, 2.24) is 5.32 Å². The fourth-order valence-electron chi connectivity index (χ4n) is 2.47. The molecule has 0 spiro atoms. The second kappa shape index (κ2) is 10.3. The number of amides is 1. The van der Waals surface area contributed by atoms with E-state index in [2.05, 4.69) is 5.32 Å². The number of carboxylic acid groups (broad SMARTS) is 1. The summed E-state index contributed by atoms with van der Waals surface area (Å²) in [5, 5.41) is 12.1. The Labute approximate surface area is 174 Å². The van der Waals surface area contributed by atoms with Crippen molar-refractivity contribution in [2.45, 2.75) is 19.9 Å². The number of nitrogens with two attached hydrogens (primary N) is 1. The van der Waals surface area contributed by atoms with E-state index in [1.165, 1.54) is 24.4 Å². The van der Waals surface area contributed by atoms with Crippen molar-refractivity contribution in [1.29, 1.82) is 0 Å². The molecule has 0 saturated carbocycles. The summed E-state index contributed by atoms with van der Waals surface area (Å²) in [5.74, 6) is -0.749. The first-order valence-corrected chi connectivity index (χ1v) is 9.29. The number of hydrogen-bond donors (Lipinski definition) is 3. The van der Waals surface area contributed by atoms with Crippen molar-refractivity contribution < 1.29 is 19.4 Å². The Morgan fingerprint density at radius 1 is 1.17 bits per heavy atom. The van der Waals surface area contributed by atoms with Crippen LogP contribution in [0.5, 0.6) is 5.75 Å². The molecule has 0 fully saturated rings. The summed E-state index contributed by atoms with van der Waals surface area (Å²) < 4.78 is 5.70. The van der Waals surface area contributed by atoms with Crippen LogP contribution >= 0.6 is 11.6 Å². The van der Waals surface area contributed by atoms with E-state index in [1.54, 1.807) is 19.1 Å². The number of hydrogen-bond acceptors (Lipinski definition) is 4. The molecule has 2 aromatic rings. The normalized spacial score (nSPS) is 12.9. The highest BCUT2D eigenvalue weighted by Crippen LogP contribution is 2.17. The second-order valence-corrected chi connectivity index (χ2v) is 6.88. The van der Waals surface area contributed by atoms with Crippen LogP contribution in [-0.2, 0) is 4.79 Å². The van der Waals surface area contributed by atoms with Crippen LogP contribution in [-0.4, -0.2) is 23.6 Å². The number of nitrogens with one attached hydrogen (secondary N) is 1. The molecule has 152 valence electrons. The molecule has 0 aliphatic heterocycles. The quantitative estimate of drug-likeness (QED) is 0.449. The summed E-state index contributed by atoms with van der Waals surface area (Å²) in [6.07, 6.45) is 2.64. The Bertz CT molecular complexity index is 919. The van der Waals surface area contributed by atoms with Gasteiger partial charge in [-0.05, 0) is 49.8 Å². The molecule has 0 aliphatic carbocycles. The summed E-state index contributed by atoms with van der Waals surface area (Å²) in [6, 6.07) is 13.4. The van der Waals surface area contributed by atoms with Gasteiger partial charge in [-0.15, -0.1) is 0 Å². The van der Waals surface area contributed by atoms with Crippen molar-refractivity contribution >= 4 is 23.5 Å². The van der Waals surface area contributed by atoms with Crippen LogP contribution in [0.15, 0.2) is 71.4 Å². The van der Waals surface area contributed by atoms with E-state index in [9.17, 15) is 9.59 Å². The van der Waals surface area contributed by atoms with Crippen LogP contribution < -0.4 is 15.8 Å². The summed E-state index contributed by atoms with van der Waals surface area (Å²) >= 11 is 5.98. The van der Waals surface area contributed by atoms with Gasteiger partial charge < -0.3 is 20.9 Å². The van der Waals surface area contributed by atoms with Crippen LogP contribution in [0.4, 0.5) is 0 Å². The number of ether oxygens (including phenoxy) is 1. The number of carboxylic acids is 1. The summed E-state index contributed by atoms with van der Waals surface area (Å²) in [6.45, 7) is 3.77. The van der Waals surface area contributed by atoms with Gasteiger partial charge in [-0.25, -0.2) is 4.79 Å². The SMILES string of the molecule is Cc1ccc(OC/C(=C\C(Cl)=C/N)C(=O)NC(C)c2ccc(C(=O)O)cc2)cc1. The Hall–Kier alpha value is -3.25. The molecule has 6 nitrogen and oxygen atoms in total. The van der Waals surface area contributed by atoms with E-state index in [4.69, 9.17) is 27.2 Å². The average Bonchev–Trinajstić information content (AvgIpc) is 2.71. The minimum atomic E-state index is -1.00. The van der Waals surface area contributed by atoms with Gasteiger partial charge in [0.05, 0.1) is 22.2 Å². The van der Waals surface area contributed by atoms with E-state index in [0.29, 0.717) is 11.3 Å². The Morgan fingerprint density at radius 3 is 2.34 bits per heavy atom. The average molecular weight is 415 g/mol. The minimum absolute atomic E-state index is 0.00360. The first kappa shape index (κ1) is 22.0. The van der Waals surface area contributed by atoms with Gasteiger partial charge in [-0.3, -0.25) is 4.79 Å². The van der Waals surface area contributed by atoms with Gasteiger partial charge in [0.2, 0.25) is 0 Å². The molecule has 29 heavy (non-hydrogen) atoms. The summed E-state index contributed by atoms with van der Waals surface area (Å²) in [4.78, 5) is 23.7. The van der Waals surface area contributed by atoms with E-state index in [0.717, 1.165) is 11.1 Å². The number of allylic oxidation sites excluding steroid dienone is 2. The molecular weight excluding hydrogens is 392 g/mol. The number of rotatable bonds is 8. The third kappa shape index (κ3) is 6.69. The zero-order valence-corrected chi connectivity index (χ0v) is 16.9. The fourth-order valence-corrected chi connectivity index (χ4v) is 2.60. The van der Waals surface area contributed by atoms with Gasteiger partial charge in [-0.2, -0.15) is 0 Å². The number of halogens is 1. The molecule has 0 saturated heterocycles. The summed E-state index contributed by atoms with van der Waals surface area (Å²) in [5.41, 5.74) is 7.76. The fraction of sp³-hybridized carbons (Fsp3) is 0.182. The first-order chi connectivity index (χ1) is 13.8. The van der Waals surface area contributed by atoms with Gasteiger partial charge in [0.15, 0.2) is 0 Å². The molecule has 4 N–H and O–H groups in total. The predicted octanol–water partition coefficient (Wildman–Crippen LogP) is 3.91. The maximum atomic E-state index is 12.7. The van der Waals surface area contributed by atoms with Gasteiger partial charge in [0.25, 0.3) is 5.91 Å². The van der Waals surface area contributed by atoms with Crippen molar-refractivity contribution in [2.24, 2.45) is 5.73 Å². The van der Waals surface area contributed by atoms with E-state index in [1.807, 2.05) is 31.2 Å². The number of carbonyl (C=O) groups is 2. The first-order valence-electron chi connectivity index (χ1n) is 8.91. The highest BCUT2D eigenvalue weighted by atomic mass is 35.5. The Morgan fingerprint density at radius 2 is 1.79 bits per heavy atom. The molecular formula is C22H23ClN2O4. The Kier molecular flexibility index (Phi) is 7.86. The van der Waals surface area contributed by atoms with E-state index in [-0.39, 0.29) is 29.2 Å². The van der Waals surface area contributed by atoms with E-state index >= 15 is 0 Å². The molecule has 2 aromatic carbocycles. The smallest absolute Gasteiger partial charge is 0.335 e. The van der Waals surface area contributed by atoms with Crippen molar-refractivity contribution in [2.75, 3.05) is 6.61 Å². The highest BCUT2D eigenvalue weighted by molar-refractivity contribution is 6.31. The van der Waals surface area contributed by atoms with Gasteiger partial charge in [-0.1, -0.05) is 41.4 Å². The lowest BCUT2D eigenvalue weighted by Crippen LogP contribution is -2.30. The van der Waals surface area contributed by atoms with Gasteiger partial charge in [0.1, 0.15) is 12.4 Å². The lowest BCUT2D eigenvalue weighted by Gasteiger charge is -2.17. The van der Waals surface area contributed by atoms with Crippen molar-refractivity contribution in [3.63, 3.8) is 0 Å². The van der Waals surface area contributed by atoms with Gasteiger partial charge in [0, 0.05) is 6.20 Å². The second-order valence-electron chi connectivity index (χ2n) is 6.45. The number of carbonyl (C=O) groups excluding carboxylic acids is 1. The predicted molar refractivity (Wildman–Crippen MR) is 113 cm³/mol. The van der Waals surface area contributed by atoms with E-state index < -0.39 is 5.97 Å². The monoisotopic (exact) mass is 414 g/mol. The molecule has 7 heteroatoms. The van der Waals surface area contributed by atoms with Crippen LogP contribution in [0.25, 0.3) is 0 Å². The molecule has 1 unspecified atom stereocenters. The maximum absolute atomic E-state index is 12.7. The number of aryl methyl sites for hydroxylation is 1. The summed E-state index contributed by atoms with van der Waals surface area (Å²) in [7, 11) is 0. The molecule has 1 atom stereocenters. The van der Waals surface area contributed by atoms with Crippen LogP contribution in [0.2, 0.25) is 0 Å². The lowest BCUT2D eigenvalue weighted by molar-refractivity contribution is -0.118. The molecule has 1 amide bonds. The molecule has 0 heterocycles. The third-order valence-electron chi connectivity index (χ3n) is 4.18. The third-order valence-corrected chi connectivity index (χ3v) is 4.42. The zero-order chi connectivity index (χ0) is 21.4.